The Balaban J connectivity index is 1.58. The van der Waals surface area contributed by atoms with Crippen LogP contribution in [0.1, 0.15) is 69.1 Å². The summed E-state index contributed by atoms with van der Waals surface area (Å²) in [5.41, 5.74) is 4.89. The van der Waals surface area contributed by atoms with Crippen LogP contribution in [0, 0.1) is 5.92 Å². The summed E-state index contributed by atoms with van der Waals surface area (Å²) in [6.45, 7) is 5.49. The fourth-order valence-corrected chi connectivity index (χ4v) is 7.41. The molecule has 4 aromatic rings. The predicted octanol–water partition coefficient (Wildman–Crippen LogP) is 6.19. The van der Waals surface area contributed by atoms with Gasteiger partial charge in [0.25, 0.3) is 0 Å². The van der Waals surface area contributed by atoms with Crippen molar-refractivity contribution < 1.29 is 23.8 Å². The van der Waals surface area contributed by atoms with Crippen LogP contribution in [0.25, 0.3) is 22.2 Å². The Labute approximate surface area is 303 Å². The van der Waals surface area contributed by atoms with Crippen LogP contribution in [-0.2, 0) is 23.1 Å². The first kappa shape index (κ1) is 37.5. The van der Waals surface area contributed by atoms with E-state index in [1.54, 1.807) is 45.2 Å². The molecule has 0 saturated carbocycles. The van der Waals surface area contributed by atoms with E-state index in [1.165, 1.54) is 6.92 Å². The molecule has 1 heterocycles. The summed E-state index contributed by atoms with van der Waals surface area (Å²) in [5.74, 6) is 2.51. The van der Waals surface area contributed by atoms with Gasteiger partial charge in [0.15, 0.2) is 11.5 Å². The van der Waals surface area contributed by atoms with Crippen molar-refractivity contribution in [1.82, 2.24) is 20.2 Å². The van der Waals surface area contributed by atoms with Gasteiger partial charge in [0, 0.05) is 19.5 Å². The highest BCUT2D eigenvalue weighted by Crippen LogP contribution is 2.50. The van der Waals surface area contributed by atoms with Gasteiger partial charge in [-0.1, -0.05) is 38.5 Å². The van der Waals surface area contributed by atoms with Crippen molar-refractivity contribution in [3.8, 4) is 28.4 Å². The molecule has 0 spiro atoms. The number of ether oxygens (including phenoxy) is 3. The molecular weight excluding hydrogens is 667 g/mol. The van der Waals surface area contributed by atoms with Gasteiger partial charge in [-0.05, 0) is 84.2 Å². The number of nitrogens with zero attached hydrogens (tertiary/aromatic N) is 2. The summed E-state index contributed by atoms with van der Waals surface area (Å²) in [6, 6.07) is 13.5. The van der Waals surface area contributed by atoms with Gasteiger partial charge >= 0.3 is 0 Å². The van der Waals surface area contributed by atoms with Gasteiger partial charge in [-0.3, -0.25) is 14.4 Å². The first-order valence-corrected chi connectivity index (χ1v) is 18.7. The lowest BCUT2D eigenvalue weighted by Gasteiger charge is -2.27. The van der Waals surface area contributed by atoms with Gasteiger partial charge in [-0.15, -0.1) is 0 Å². The maximum Gasteiger partial charge on any atom is 0.243 e. The quantitative estimate of drug-likeness (QED) is 0.140. The Kier molecular flexibility index (Phi) is 12.2. The van der Waals surface area contributed by atoms with Gasteiger partial charge in [-0.25, -0.2) is 4.98 Å². The van der Waals surface area contributed by atoms with Crippen LogP contribution in [0.2, 0.25) is 0 Å². The van der Waals surface area contributed by atoms with E-state index in [-0.39, 0.29) is 34.9 Å². The number of carbonyl (C=O) groups is 2. The van der Waals surface area contributed by atoms with E-state index in [0.717, 1.165) is 33.7 Å². The number of thioether (sulfide) groups is 1. The Morgan fingerprint density at radius 3 is 2.45 bits per heavy atom. The Morgan fingerprint density at radius 2 is 1.80 bits per heavy atom. The molecule has 1 aromatic heterocycles. The summed E-state index contributed by atoms with van der Waals surface area (Å²) >= 11 is 1.71. The molecule has 0 saturated heterocycles. The number of methoxy groups -OCH3 is 3. The molecule has 0 aliphatic heterocycles. The van der Waals surface area contributed by atoms with Crippen molar-refractivity contribution in [2.45, 2.75) is 64.6 Å². The molecule has 272 valence electrons. The summed E-state index contributed by atoms with van der Waals surface area (Å²) in [5, 5.41) is 9.67. The monoisotopic (exact) mass is 715 g/mol. The molecule has 12 heteroatoms. The van der Waals surface area contributed by atoms with Gasteiger partial charge in [0.2, 0.25) is 23.0 Å². The van der Waals surface area contributed by atoms with E-state index in [2.05, 4.69) is 16.0 Å². The van der Waals surface area contributed by atoms with Crippen LogP contribution in [0.15, 0.2) is 53.3 Å². The van der Waals surface area contributed by atoms with Gasteiger partial charge in [-0.2, -0.15) is 11.8 Å². The lowest BCUT2D eigenvalue weighted by Crippen LogP contribution is -2.46. The second-order valence-electron chi connectivity index (χ2n) is 13.0. The number of hydrogen-bond donors (Lipinski definition) is 3. The molecule has 51 heavy (non-hydrogen) atoms. The lowest BCUT2D eigenvalue weighted by atomic mass is 9.95. The molecule has 5 rings (SSSR count). The van der Waals surface area contributed by atoms with Crippen molar-refractivity contribution in [1.29, 1.82) is 0 Å². The minimum Gasteiger partial charge on any atom is -0.493 e. The first-order valence-electron chi connectivity index (χ1n) is 17.3. The third-order valence-electron chi connectivity index (χ3n) is 9.78. The number of carbonyl (C=O) groups excluding carboxylic acids is 2. The molecule has 0 fully saturated rings. The van der Waals surface area contributed by atoms with Gasteiger partial charge < -0.3 is 34.7 Å². The largest absolute Gasteiger partial charge is 0.493 e. The highest BCUT2D eigenvalue weighted by atomic mass is 32.2. The molecule has 3 N–H and O–H groups in total. The molecule has 0 bridgehead atoms. The standard InChI is InChI=1S/C39H49N5O6S/c1-9-22(2)35(39(47)43-30(18-19-51-8)38-42-28-12-10-11-13-31(28)44(38)4)41-29-17-15-25-26(21-32(29)46)27(40-23(3)45)16-14-24-20-33(48-5)36(49-6)37(50-7)34(24)25/h10-13,15,17,20-22,27,30,35H,9,14,16,18-19H2,1-8H3,(H,40,45)(H,41,46)(H,43,47). The number of amides is 2. The molecule has 2 amide bonds. The average molecular weight is 716 g/mol. The molecule has 1 aliphatic carbocycles. The zero-order valence-corrected chi connectivity index (χ0v) is 31.5. The molecule has 11 nitrogen and oxygen atoms in total. The number of aromatic nitrogens is 2. The van der Waals surface area contributed by atoms with Crippen LogP contribution < -0.4 is 35.6 Å². The second kappa shape index (κ2) is 16.5. The van der Waals surface area contributed by atoms with E-state index >= 15 is 0 Å². The summed E-state index contributed by atoms with van der Waals surface area (Å²) in [7, 11) is 6.66. The van der Waals surface area contributed by atoms with Crippen LogP contribution >= 0.6 is 11.8 Å². The van der Waals surface area contributed by atoms with Crippen molar-refractivity contribution in [3.05, 3.63) is 75.7 Å². The third kappa shape index (κ3) is 7.80. The normalized spacial score (nSPS) is 15.4. The number of rotatable bonds is 14. The maximum atomic E-state index is 14.3. The van der Waals surface area contributed by atoms with Crippen molar-refractivity contribution in [3.63, 3.8) is 0 Å². The highest BCUT2D eigenvalue weighted by molar-refractivity contribution is 7.98. The molecule has 0 radical (unpaired) electrons. The third-order valence-corrected chi connectivity index (χ3v) is 10.4. The number of anilines is 1. The van der Waals surface area contributed by atoms with Crippen molar-refractivity contribution >= 4 is 40.3 Å². The van der Waals surface area contributed by atoms with E-state index < -0.39 is 12.1 Å². The second-order valence-corrected chi connectivity index (χ2v) is 13.9. The minimum absolute atomic E-state index is 0.112. The van der Waals surface area contributed by atoms with E-state index in [1.807, 2.05) is 68.1 Å². The van der Waals surface area contributed by atoms with Crippen LogP contribution in [-0.4, -0.2) is 60.7 Å². The van der Waals surface area contributed by atoms with Gasteiger partial charge in [0.1, 0.15) is 11.9 Å². The van der Waals surface area contributed by atoms with E-state index in [4.69, 9.17) is 19.2 Å². The number of benzene rings is 2. The molecule has 4 atom stereocenters. The molecule has 3 aromatic carbocycles. The Hall–Kier alpha value is -4.71. The van der Waals surface area contributed by atoms with E-state index in [0.29, 0.717) is 54.1 Å². The smallest absolute Gasteiger partial charge is 0.243 e. The molecule has 4 unspecified atom stereocenters. The minimum atomic E-state index is -0.714. The van der Waals surface area contributed by atoms with Gasteiger partial charge in [0.05, 0.1) is 50.1 Å². The zero-order valence-electron chi connectivity index (χ0n) is 30.7. The maximum absolute atomic E-state index is 14.3. The zero-order chi connectivity index (χ0) is 36.8. The number of aryl methyl sites for hydroxylation is 2. The summed E-state index contributed by atoms with van der Waals surface area (Å²) in [6.07, 6.45) is 4.57. The Bertz CT molecular complexity index is 1960. The number of hydrogen-bond acceptors (Lipinski definition) is 9. The first-order chi connectivity index (χ1) is 24.6. The fraction of sp³-hybridized carbons (Fsp3) is 0.436. The topological polar surface area (TPSA) is 133 Å². The van der Waals surface area contributed by atoms with Crippen molar-refractivity contribution in [2.75, 3.05) is 38.7 Å². The number of nitrogens with one attached hydrogen (secondary N) is 3. The fourth-order valence-electron chi connectivity index (χ4n) is 6.94. The predicted molar refractivity (Wildman–Crippen MR) is 204 cm³/mol. The summed E-state index contributed by atoms with van der Waals surface area (Å²) < 4.78 is 19.3. The number of imidazole rings is 1. The molecular formula is C39H49N5O6S. The Morgan fingerprint density at radius 1 is 1.06 bits per heavy atom. The van der Waals surface area contributed by atoms with Crippen LogP contribution in [0.5, 0.6) is 17.2 Å². The van der Waals surface area contributed by atoms with Crippen LogP contribution in [0.4, 0.5) is 5.69 Å². The summed E-state index contributed by atoms with van der Waals surface area (Å²) in [4.78, 5) is 45.7. The van der Waals surface area contributed by atoms with Crippen LogP contribution in [0.3, 0.4) is 0 Å². The average Bonchev–Trinajstić information content (AvgIpc) is 3.28. The number of fused-ring (bicyclic) bond motifs is 4. The van der Waals surface area contributed by atoms with Crippen molar-refractivity contribution in [2.24, 2.45) is 13.0 Å². The van der Waals surface area contributed by atoms with E-state index in [9.17, 15) is 14.4 Å². The highest BCUT2D eigenvalue weighted by Gasteiger charge is 2.32. The SMILES string of the molecule is CCC(C)C(Nc1ccc2c(cc1=O)C(NC(C)=O)CCc1cc(OC)c(OC)c(OC)c1-2)C(=O)NC(CCSC)c1nc2ccccc2n1C. The lowest BCUT2D eigenvalue weighted by molar-refractivity contribution is -0.123. The molecule has 1 aliphatic rings. The number of para-hydroxylation sites is 2.